The Labute approximate surface area is 158 Å². The van der Waals surface area contributed by atoms with Gasteiger partial charge in [-0.1, -0.05) is 27.7 Å². The predicted octanol–water partition coefficient (Wildman–Crippen LogP) is 2.41. The third-order valence-corrected chi connectivity index (χ3v) is 5.39. The molecule has 26 heavy (non-hydrogen) atoms. The lowest BCUT2D eigenvalue weighted by Gasteiger charge is -2.36. The molecule has 3 rings (SSSR count). The van der Waals surface area contributed by atoms with Gasteiger partial charge in [-0.05, 0) is 25.7 Å². The van der Waals surface area contributed by atoms with Crippen molar-refractivity contribution >= 4 is 11.6 Å². The fourth-order valence-corrected chi connectivity index (χ4v) is 4.14. The summed E-state index contributed by atoms with van der Waals surface area (Å²) in [5, 5.41) is 7.31. The van der Waals surface area contributed by atoms with Gasteiger partial charge in [-0.15, -0.1) is 0 Å². The number of hydrogen-bond donors (Lipinski definition) is 2. The Hall–Kier alpha value is -1.40. The molecule has 2 aliphatic heterocycles. The quantitative estimate of drug-likeness (QED) is 0.812. The minimum Gasteiger partial charge on any atom is -0.355 e. The smallest absolute Gasteiger partial charge is 0.149 e. The van der Waals surface area contributed by atoms with Crippen LogP contribution in [0.2, 0.25) is 0 Å². The van der Waals surface area contributed by atoms with Gasteiger partial charge < -0.3 is 20.4 Å². The molecule has 146 valence electrons. The maximum Gasteiger partial charge on any atom is 0.149 e. The van der Waals surface area contributed by atoms with Crippen LogP contribution < -0.4 is 20.4 Å². The molecular formula is C20H36N6. The first-order chi connectivity index (χ1) is 12.5. The number of anilines is 2. The number of nitrogens with one attached hydrogen (secondary N) is 2. The van der Waals surface area contributed by atoms with Gasteiger partial charge >= 0.3 is 0 Å². The molecule has 0 unspecified atom stereocenters. The number of rotatable bonds is 6. The second-order valence-electron chi connectivity index (χ2n) is 8.40. The number of piperidine rings is 2. The van der Waals surface area contributed by atoms with Crippen molar-refractivity contribution in [3.8, 4) is 0 Å². The summed E-state index contributed by atoms with van der Waals surface area (Å²) >= 11 is 0. The summed E-state index contributed by atoms with van der Waals surface area (Å²) in [4.78, 5) is 14.2. The van der Waals surface area contributed by atoms with Crippen LogP contribution in [0.3, 0.4) is 0 Å². The van der Waals surface area contributed by atoms with Crippen LogP contribution in [0.1, 0.15) is 53.4 Å². The van der Waals surface area contributed by atoms with E-state index in [9.17, 15) is 0 Å². The molecule has 0 bridgehead atoms. The monoisotopic (exact) mass is 360 g/mol. The SMILES string of the molecule is CC(C)NC1CCN(c2cncc(N3CCC(NC(C)C)CC3)n2)CC1. The minimum absolute atomic E-state index is 0.558. The third kappa shape index (κ3) is 5.30. The zero-order chi connectivity index (χ0) is 18.5. The van der Waals surface area contributed by atoms with Crippen LogP contribution in [0.25, 0.3) is 0 Å². The van der Waals surface area contributed by atoms with Crippen LogP contribution in [0.5, 0.6) is 0 Å². The fraction of sp³-hybridized carbons (Fsp3) is 0.800. The highest BCUT2D eigenvalue weighted by molar-refractivity contribution is 5.46. The van der Waals surface area contributed by atoms with E-state index in [0.29, 0.717) is 24.2 Å². The summed E-state index contributed by atoms with van der Waals surface area (Å²) in [7, 11) is 0. The Morgan fingerprint density at radius 1 is 0.769 bits per heavy atom. The van der Waals surface area contributed by atoms with Crippen LogP contribution in [-0.2, 0) is 0 Å². The molecule has 0 aromatic carbocycles. The van der Waals surface area contributed by atoms with Crippen LogP contribution in [0, 0.1) is 0 Å². The standard InChI is InChI=1S/C20H36N6/c1-15(2)22-17-5-9-25(10-6-17)19-13-21-14-20(24-19)26-11-7-18(8-12-26)23-16(3)4/h13-18,22-23H,5-12H2,1-4H3. The van der Waals surface area contributed by atoms with E-state index in [1.807, 2.05) is 12.4 Å². The first-order valence-electron chi connectivity index (χ1n) is 10.4. The van der Waals surface area contributed by atoms with Gasteiger partial charge in [-0.3, -0.25) is 4.98 Å². The molecule has 2 saturated heterocycles. The third-order valence-electron chi connectivity index (χ3n) is 5.39. The highest BCUT2D eigenvalue weighted by Crippen LogP contribution is 2.22. The molecule has 0 atom stereocenters. The van der Waals surface area contributed by atoms with Crippen molar-refractivity contribution in [1.29, 1.82) is 0 Å². The van der Waals surface area contributed by atoms with Crippen molar-refractivity contribution in [3.05, 3.63) is 12.4 Å². The molecule has 6 heteroatoms. The van der Waals surface area contributed by atoms with Gasteiger partial charge in [0.1, 0.15) is 11.6 Å². The lowest BCUT2D eigenvalue weighted by Crippen LogP contribution is -2.46. The maximum atomic E-state index is 4.94. The Morgan fingerprint density at radius 3 is 1.50 bits per heavy atom. The summed E-state index contributed by atoms with van der Waals surface area (Å²) in [6, 6.07) is 2.38. The Kier molecular flexibility index (Phi) is 6.70. The summed E-state index contributed by atoms with van der Waals surface area (Å²) in [6.07, 6.45) is 8.55. The van der Waals surface area contributed by atoms with Crippen molar-refractivity contribution in [2.45, 2.75) is 77.5 Å². The van der Waals surface area contributed by atoms with Crippen molar-refractivity contribution in [1.82, 2.24) is 20.6 Å². The topological polar surface area (TPSA) is 56.3 Å². The lowest BCUT2D eigenvalue weighted by molar-refractivity contribution is 0.384. The second-order valence-corrected chi connectivity index (χ2v) is 8.40. The van der Waals surface area contributed by atoms with Gasteiger partial charge in [0.15, 0.2) is 0 Å². The van der Waals surface area contributed by atoms with Gasteiger partial charge in [0.25, 0.3) is 0 Å². The van der Waals surface area contributed by atoms with E-state index in [-0.39, 0.29) is 0 Å². The summed E-state index contributed by atoms with van der Waals surface area (Å²) in [6.45, 7) is 13.1. The molecule has 0 spiro atoms. The molecule has 6 nitrogen and oxygen atoms in total. The van der Waals surface area contributed by atoms with Gasteiger partial charge in [-0.25, -0.2) is 4.98 Å². The minimum atomic E-state index is 0.558. The molecule has 1 aromatic rings. The van der Waals surface area contributed by atoms with Gasteiger partial charge in [0, 0.05) is 50.3 Å². The first-order valence-corrected chi connectivity index (χ1v) is 10.4. The molecule has 0 radical (unpaired) electrons. The molecular weight excluding hydrogens is 324 g/mol. The average Bonchev–Trinajstić information content (AvgIpc) is 2.62. The zero-order valence-corrected chi connectivity index (χ0v) is 16.9. The summed E-state index contributed by atoms with van der Waals surface area (Å²) in [5.74, 6) is 2.07. The number of hydrogen-bond acceptors (Lipinski definition) is 6. The van der Waals surface area contributed by atoms with E-state index >= 15 is 0 Å². The van der Waals surface area contributed by atoms with Crippen LogP contribution in [0.4, 0.5) is 11.6 Å². The molecule has 2 fully saturated rings. The lowest BCUT2D eigenvalue weighted by atomic mass is 10.0. The second kappa shape index (κ2) is 9.00. The summed E-state index contributed by atoms with van der Waals surface area (Å²) in [5.41, 5.74) is 0. The molecule has 2 N–H and O–H groups in total. The Morgan fingerprint density at radius 2 is 1.15 bits per heavy atom. The molecule has 2 aliphatic rings. The van der Waals surface area contributed by atoms with Crippen LogP contribution >= 0.6 is 0 Å². The number of nitrogens with zero attached hydrogens (tertiary/aromatic N) is 4. The molecule has 0 aliphatic carbocycles. The van der Waals surface area contributed by atoms with E-state index < -0.39 is 0 Å². The first kappa shape index (κ1) is 19.4. The van der Waals surface area contributed by atoms with Crippen LogP contribution in [-0.4, -0.2) is 60.3 Å². The predicted molar refractivity (Wildman–Crippen MR) is 109 cm³/mol. The number of aromatic nitrogens is 2. The Bertz CT molecular complexity index is 500. The zero-order valence-electron chi connectivity index (χ0n) is 16.9. The molecule has 0 amide bonds. The largest absolute Gasteiger partial charge is 0.355 e. The highest BCUT2D eigenvalue weighted by atomic mass is 15.3. The molecule has 3 heterocycles. The van der Waals surface area contributed by atoms with Crippen molar-refractivity contribution in [2.75, 3.05) is 36.0 Å². The van der Waals surface area contributed by atoms with E-state index in [0.717, 1.165) is 37.8 Å². The van der Waals surface area contributed by atoms with E-state index in [2.05, 4.69) is 53.1 Å². The van der Waals surface area contributed by atoms with Gasteiger partial charge in [-0.2, -0.15) is 0 Å². The average molecular weight is 361 g/mol. The summed E-state index contributed by atoms with van der Waals surface area (Å²) < 4.78 is 0. The van der Waals surface area contributed by atoms with Crippen molar-refractivity contribution in [3.63, 3.8) is 0 Å². The van der Waals surface area contributed by atoms with Crippen molar-refractivity contribution in [2.24, 2.45) is 0 Å². The molecule has 1 aromatic heterocycles. The Balaban J connectivity index is 1.54. The van der Waals surface area contributed by atoms with Gasteiger partial charge in [0.05, 0.1) is 12.4 Å². The normalized spacial score (nSPS) is 20.4. The molecule has 0 saturated carbocycles. The fourth-order valence-electron chi connectivity index (χ4n) is 4.14. The van der Waals surface area contributed by atoms with E-state index in [4.69, 9.17) is 4.98 Å². The van der Waals surface area contributed by atoms with Crippen molar-refractivity contribution < 1.29 is 0 Å². The van der Waals surface area contributed by atoms with Crippen LogP contribution in [0.15, 0.2) is 12.4 Å². The van der Waals surface area contributed by atoms with Gasteiger partial charge in [0.2, 0.25) is 0 Å². The maximum absolute atomic E-state index is 4.94. The van der Waals surface area contributed by atoms with E-state index in [1.165, 1.54) is 25.7 Å². The highest BCUT2D eigenvalue weighted by Gasteiger charge is 2.23. The van der Waals surface area contributed by atoms with E-state index in [1.54, 1.807) is 0 Å².